The Bertz CT molecular complexity index is 2360. The molecule has 16 nitrogen and oxygen atoms in total. The maximum atomic E-state index is 13.7. The maximum Gasteiger partial charge on any atom is 0.408 e. The highest BCUT2D eigenvalue weighted by atomic mass is 32.2. The lowest BCUT2D eigenvalue weighted by Gasteiger charge is -2.57. The number of likely N-dealkylation sites (tertiary alicyclic amines) is 1. The van der Waals surface area contributed by atoms with Crippen molar-refractivity contribution in [1.29, 1.82) is 0 Å². The number of carbonyl (C=O) groups is 4. The van der Waals surface area contributed by atoms with Gasteiger partial charge in [-0.2, -0.15) is 0 Å². The smallest absolute Gasteiger partial charge is 0.408 e. The summed E-state index contributed by atoms with van der Waals surface area (Å²) < 4.78 is 47.8. The summed E-state index contributed by atoms with van der Waals surface area (Å²) >= 11 is 0. The number of sulfonamides is 1. The molecular weight excluding hydrogens is 827 g/mol. The van der Waals surface area contributed by atoms with Crippen LogP contribution < -0.4 is 30.6 Å². The molecule has 2 fully saturated rings. The number of nitrogens with two attached hydrogens (primary N) is 1. The van der Waals surface area contributed by atoms with Gasteiger partial charge in [0.15, 0.2) is 11.9 Å². The number of nitrogens with zero attached hydrogens (tertiary/aromatic N) is 3. The summed E-state index contributed by atoms with van der Waals surface area (Å²) in [6.45, 7) is 15.7. The van der Waals surface area contributed by atoms with E-state index in [1.165, 1.54) is 5.56 Å². The van der Waals surface area contributed by atoms with Crippen LogP contribution >= 0.6 is 0 Å². The molecule has 2 aromatic rings. The van der Waals surface area contributed by atoms with Crippen LogP contribution in [0.3, 0.4) is 0 Å². The van der Waals surface area contributed by atoms with Crippen LogP contribution in [0.25, 0.3) is 0 Å². The molecular formula is C46H65N7O9S. The summed E-state index contributed by atoms with van der Waals surface area (Å²) in [5.41, 5.74) is 10.4. The Hall–Kier alpha value is -4.90. The van der Waals surface area contributed by atoms with Gasteiger partial charge in [0.25, 0.3) is 10.0 Å². The zero-order valence-electron chi connectivity index (χ0n) is 38.5. The van der Waals surface area contributed by atoms with Crippen LogP contribution in [-0.4, -0.2) is 118 Å². The molecule has 3 heterocycles. The number of alkyl carbamates (subject to hydrolysis) is 1. The molecule has 344 valence electrons. The fourth-order valence-corrected chi connectivity index (χ4v) is 12.2. The lowest BCUT2D eigenvalue weighted by atomic mass is 9.51. The van der Waals surface area contributed by atoms with E-state index < -0.39 is 45.4 Å². The number of likely N-dealkylation sites (N-methyl/N-ethyl adjacent to an activating group) is 2. The Morgan fingerprint density at radius 1 is 1.11 bits per heavy atom. The van der Waals surface area contributed by atoms with Crippen LogP contribution in [0.5, 0.6) is 11.5 Å². The molecule has 5 atom stereocenters. The summed E-state index contributed by atoms with van der Waals surface area (Å²) in [6, 6.07) is 3.42. The van der Waals surface area contributed by atoms with Crippen LogP contribution in [0, 0.1) is 26.7 Å². The van der Waals surface area contributed by atoms with E-state index in [4.69, 9.17) is 19.9 Å². The average Bonchev–Trinajstić information content (AvgIpc) is 3.72. The second-order valence-electron chi connectivity index (χ2n) is 19.8. The second kappa shape index (κ2) is 16.9. The number of carbonyl (C=O) groups excluding carboxylic acids is 4. The first-order valence-electron chi connectivity index (χ1n) is 22.1. The number of ether oxygens (including phenoxy) is 3. The Morgan fingerprint density at radius 2 is 1.84 bits per heavy atom. The summed E-state index contributed by atoms with van der Waals surface area (Å²) in [6.07, 6.45) is 2.89. The number of hydrogen-bond acceptors (Lipinski definition) is 11. The predicted octanol–water partition coefficient (Wildman–Crippen LogP) is 3.65. The van der Waals surface area contributed by atoms with Gasteiger partial charge in [0.1, 0.15) is 28.7 Å². The van der Waals surface area contributed by atoms with E-state index in [9.17, 15) is 27.6 Å². The van der Waals surface area contributed by atoms with Crippen LogP contribution in [-0.2, 0) is 53.8 Å². The minimum Gasteiger partial charge on any atom is -0.487 e. The van der Waals surface area contributed by atoms with Crippen molar-refractivity contribution < 1.29 is 41.8 Å². The number of benzene rings is 2. The summed E-state index contributed by atoms with van der Waals surface area (Å²) in [7, 11) is -0.263. The monoisotopic (exact) mass is 891 g/mol. The Labute approximate surface area is 371 Å². The number of aliphatic imine (C=N–C) groups is 1. The Morgan fingerprint density at radius 3 is 2.56 bits per heavy atom. The van der Waals surface area contributed by atoms with E-state index in [1.807, 2.05) is 26.8 Å². The molecule has 2 aromatic carbocycles. The van der Waals surface area contributed by atoms with Crippen molar-refractivity contribution in [1.82, 2.24) is 25.2 Å². The van der Waals surface area contributed by atoms with Gasteiger partial charge in [0.05, 0.1) is 11.3 Å². The summed E-state index contributed by atoms with van der Waals surface area (Å²) in [5, 5.41) is 5.47. The summed E-state index contributed by atoms with van der Waals surface area (Å²) in [4.78, 5) is 61.7. The van der Waals surface area contributed by atoms with E-state index in [1.54, 1.807) is 46.6 Å². The highest BCUT2D eigenvalue weighted by Crippen LogP contribution is 2.62. The van der Waals surface area contributed by atoms with E-state index in [0.29, 0.717) is 41.7 Å². The molecule has 1 unspecified atom stereocenters. The fourth-order valence-electron chi connectivity index (χ4n) is 10.7. The largest absolute Gasteiger partial charge is 0.487 e. The van der Waals surface area contributed by atoms with E-state index in [0.717, 1.165) is 53.8 Å². The first-order valence-corrected chi connectivity index (χ1v) is 23.6. The molecule has 5 aliphatic rings. The topological polar surface area (TPSA) is 211 Å². The highest BCUT2D eigenvalue weighted by Gasteiger charge is 2.65. The van der Waals surface area contributed by atoms with Crippen molar-refractivity contribution >= 4 is 39.7 Å². The van der Waals surface area contributed by atoms with Gasteiger partial charge in [0.2, 0.25) is 17.8 Å². The van der Waals surface area contributed by atoms with Gasteiger partial charge in [-0.3, -0.25) is 19.4 Å². The van der Waals surface area contributed by atoms with Crippen LogP contribution in [0.1, 0.15) is 106 Å². The van der Waals surface area contributed by atoms with Gasteiger partial charge in [-0.25, -0.2) is 17.9 Å². The number of ketones is 1. The lowest BCUT2D eigenvalue weighted by Crippen LogP contribution is -2.65. The van der Waals surface area contributed by atoms with Crippen molar-refractivity contribution in [3.63, 3.8) is 0 Å². The highest BCUT2D eigenvalue weighted by molar-refractivity contribution is 7.90. The Balaban J connectivity index is 0.952. The number of amides is 3. The maximum absolute atomic E-state index is 13.7. The SMILES string of the molecule is Cc1c(C)c(S(=O)(=O)NC(N)=NCCC[C@H](NC(=O)OC(C)(C)C)C(=O)NCCN(C)C(=O)Cc2ccc3c4c2O[C@H]2C(=O)CCC5[C@@H](C3)N(C)CC[C@@]452)c(C)c2c1OC(C)(C)C2. The van der Waals surface area contributed by atoms with Crippen LogP contribution in [0.4, 0.5) is 4.79 Å². The first kappa shape index (κ1) is 46.1. The van der Waals surface area contributed by atoms with E-state index in [2.05, 4.69) is 38.4 Å². The summed E-state index contributed by atoms with van der Waals surface area (Å²) in [5.74, 6) is 0.950. The molecule has 63 heavy (non-hydrogen) atoms. The molecule has 0 radical (unpaired) electrons. The lowest BCUT2D eigenvalue weighted by molar-refractivity contribution is -0.138. The van der Waals surface area contributed by atoms with Crippen molar-refractivity contribution in [2.75, 3.05) is 40.3 Å². The predicted molar refractivity (Wildman–Crippen MR) is 238 cm³/mol. The van der Waals surface area contributed by atoms with E-state index in [-0.39, 0.29) is 66.9 Å². The zero-order valence-corrected chi connectivity index (χ0v) is 39.3. The van der Waals surface area contributed by atoms with Gasteiger partial charge in [-0.15, -0.1) is 0 Å². The van der Waals surface area contributed by atoms with Gasteiger partial charge >= 0.3 is 6.09 Å². The minimum atomic E-state index is -4.11. The van der Waals surface area contributed by atoms with Crippen molar-refractivity contribution in [2.24, 2.45) is 16.6 Å². The molecule has 3 amide bonds. The number of fused-ring (bicyclic) bond motifs is 1. The number of Topliss-reactive ketones (excluding diaryl/α,β-unsaturated/α-hetero) is 1. The Kier molecular flexibility index (Phi) is 12.4. The number of piperidine rings is 1. The third-order valence-electron chi connectivity index (χ3n) is 13.7. The van der Waals surface area contributed by atoms with Crippen molar-refractivity contribution in [3.05, 3.63) is 51.1 Å². The van der Waals surface area contributed by atoms with Gasteiger partial charge < -0.3 is 40.4 Å². The first-order chi connectivity index (χ1) is 29.4. The molecule has 3 aliphatic heterocycles. The normalized spacial score (nSPS) is 23.7. The third kappa shape index (κ3) is 8.83. The molecule has 17 heteroatoms. The quantitative estimate of drug-likeness (QED) is 0.130. The fraction of sp³-hybridized carbons (Fsp3) is 0.630. The van der Waals surface area contributed by atoms with Crippen molar-refractivity contribution in [2.45, 2.75) is 146 Å². The number of nitrogens with one attached hydrogen (secondary N) is 3. The molecule has 5 N–H and O–H groups in total. The number of rotatable bonds is 13. The van der Waals surface area contributed by atoms with Gasteiger partial charge in [-0.05, 0) is 129 Å². The number of guanidine groups is 1. The number of hydrogen-bond donors (Lipinski definition) is 4. The van der Waals surface area contributed by atoms with Crippen LogP contribution in [0.15, 0.2) is 22.0 Å². The van der Waals surface area contributed by atoms with E-state index >= 15 is 0 Å². The zero-order chi connectivity index (χ0) is 46.0. The molecule has 7 rings (SSSR count). The average molecular weight is 892 g/mol. The van der Waals surface area contributed by atoms with Crippen LogP contribution in [0.2, 0.25) is 0 Å². The molecule has 1 spiro atoms. The third-order valence-corrected chi connectivity index (χ3v) is 15.4. The molecule has 1 saturated carbocycles. The second-order valence-corrected chi connectivity index (χ2v) is 21.4. The van der Waals surface area contributed by atoms with Gasteiger partial charge in [-0.1, -0.05) is 12.1 Å². The standard InChI is InChI=1S/C46H65N7O9S/c1-25-26(2)39(27(3)30-24-45(7,8)61-37(25)30)63(58,59)51-42(47)49-18-11-12-32(50-43(57)62-44(4,5)6)41(56)48-19-21-53(10)35(55)23-29-14-13-28-22-33-31-15-16-34(54)40-46(31,17-20-52(33)9)36(28)38(29)60-40/h13-14,31-33,40H,11-12,15-24H2,1-10H3,(H,48,56)(H,50,57)(H3,47,49,51)/t31?,32-,33+,40-,46-/m0/s1. The molecule has 0 aromatic heterocycles. The minimum absolute atomic E-state index is 0.0529. The molecule has 2 aliphatic carbocycles. The molecule has 2 bridgehead atoms. The van der Waals surface area contributed by atoms with Gasteiger partial charge in [0, 0.05) is 67.7 Å². The molecule has 1 saturated heterocycles. The van der Waals surface area contributed by atoms with Crippen molar-refractivity contribution in [3.8, 4) is 11.5 Å².